The van der Waals surface area contributed by atoms with E-state index in [0.717, 1.165) is 22.6 Å². The van der Waals surface area contributed by atoms with E-state index in [0.29, 0.717) is 5.75 Å². The predicted molar refractivity (Wildman–Crippen MR) is 150 cm³/mol. The van der Waals surface area contributed by atoms with Crippen LogP contribution in [0.1, 0.15) is 133 Å². The van der Waals surface area contributed by atoms with E-state index in [4.69, 9.17) is 0 Å². The zero-order chi connectivity index (χ0) is 23.3. The van der Waals surface area contributed by atoms with Gasteiger partial charge >= 0.3 is 0 Å². The lowest BCUT2D eigenvalue weighted by Gasteiger charge is -2.11. The molecule has 0 radical (unpaired) electrons. The third-order valence-corrected chi connectivity index (χ3v) is 8.46. The molecule has 0 bridgehead atoms. The van der Waals surface area contributed by atoms with Crippen molar-refractivity contribution in [3.8, 4) is 5.75 Å². The molecule has 0 aliphatic heterocycles. The SMILES string of the molecule is CCCCCCCCCCSCc1cc(C)c(O)c(CSCCCCCCCCCC)c1. The van der Waals surface area contributed by atoms with Gasteiger partial charge in [0.1, 0.15) is 5.75 Å². The summed E-state index contributed by atoms with van der Waals surface area (Å²) in [6.45, 7) is 6.62. The topological polar surface area (TPSA) is 20.2 Å². The van der Waals surface area contributed by atoms with Crippen LogP contribution >= 0.6 is 23.5 Å². The number of unbranched alkanes of at least 4 members (excludes halogenated alkanes) is 14. The first-order valence-corrected chi connectivity index (χ1v) is 16.0. The Morgan fingerprint density at radius 2 is 1.03 bits per heavy atom. The first-order valence-electron chi connectivity index (χ1n) is 13.7. The molecule has 0 aliphatic carbocycles. The maximum atomic E-state index is 10.5. The van der Waals surface area contributed by atoms with Gasteiger partial charge in [0, 0.05) is 17.1 Å². The molecular formula is C29H52OS2. The van der Waals surface area contributed by atoms with E-state index in [1.165, 1.54) is 120 Å². The highest BCUT2D eigenvalue weighted by Gasteiger charge is 2.08. The summed E-state index contributed by atoms with van der Waals surface area (Å²) in [6.07, 6.45) is 22.2. The Balaban J connectivity index is 2.15. The van der Waals surface area contributed by atoms with Crippen molar-refractivity contribution in [3.63, 3.8) is 0 Å². The van der Waals surface area contributed by atoms with Crippen molar-refractivity contribution in [2.75, 3.05) is 11.5 Å². The Morgan fingerprint density at radius 3 is 1.53 bits per heavy atom. The Kier molecular flexibility index (Phi) is 19.8. The lowest BCUT2D eigenvalue weighted by atomic mass is 10.1. The van der Waals surface area contributed by atoms with E-state index in [1.54, 1.807) is 0 Å². The average Bonchev–Trinajstić information content (AvgIpc) is 2.79. The van der Waals surface area contributed by atoms with Crippen LogP contribution in [0, 0.1) is 6.92 Å². The second-order valence-electron chi connectivity index (χ2n) is 9.48. The molecule has 32 heavy (non-hydrogen) atoms. The highest BCUT2D eigenvalue weighted by molar-refractivity contribution is 7.98. The number of thioether (sulfide) groups is 2. The third kappa shape index (κ3) is 15.5. The molecule has 3 heteroatoms. The number of hydrogen-bond acceptors (Lipinski definition) is 3. The van der Waals surface area contributed by atoms with E-state index >= 15 is 0 Å². The number of aromatic hydroxyl groups is 1. The van der Waals surface area contributed by atoms with E-state index < -0.39 is 0 Å². The molecule has 1 N–H and O–H groups in total. The molecule has 0 fully saturated rings. The van der Waals surface area contributed by atoms with Crippen LogP contribution in [0.4, 0.5) is 0 Å². The number of aryl methyl sites for hydroxylation is 1. The molecule has 1 aromatic rings. The average molecular weight is 481 g/mol. The van der Waals surface area contributed by atoms with E-state index in [9.17, 15) is 5.11 Å². The lowest BCUT2D eigenvalue weighted by molar-refractivity contribution is 0.466. The molecule has 0 aromatic heterocycles. The van der Waals surface area contributed by atoms with Gasteiger partial charge in [0.05, 0.1) is 0 Å². The van der Waals surface area contributed by atoms with E-state index in [2.05, 4.69) is 44.7 Å². The van der Waals surface area contributed by atoms with Crippen LogP contribution in [0.15, 0.2) is 12.1 Å². The smallest absolute Gasteiger partial charge is 0.122 e. The quantitative estimate of drug-likeness (QED) is 0.167. The summed E-state index contributed by atoms with van der Waals surface area (Å²) in [7, 11) is 0. The number of hydrogen-bond donors (Lipinski definition) is 1. The van der Waals surface area contributed by atoms with Crippen molar-refractivity contribution in [2.24, 2.45) is 0 Å². The summed E-state index contributed by atoms with van der Waals surface area (Å²) in [5, 5.41) is 10.5. The Labute approximate surface area is 209 Å². The molecule has 0 spiro atoms. The molecule has 0 aliphatic rings. The Morgan fingerprint density at radius 1 is 0.594 bits per heavy atom. The fraction of sp³-hybridized carbons (Fsp3) is 0.793. The molecule has 0 amide bonds. The van der Waals surface area contributed by atoms with Gasteiger partial charge < -0.3 is 5.11 Å². The second kappa shape index (κ2) is 21.3. The van der Waals surface area contributed by atoms with Gasteiger partial charge in [0.2, 0.25) is 0 Å². The molecule has 0 unspecified atom stereocenters. The molecule has 0 saturated heterocycles. The van der Waals surface area contributed by atoms with Gasteiger partial charge in [-0.15, -0.1) is 0 Å². The van der Waals surface area contributed by atoms with Gasteiger partial charge in [0.15, 0.2) is 0 Å². The minimum atomic E-state index is 0.519. The molecule has 0 atom stereocenters. The molecule has 186 valence electrons. The van der Waals surface area contributed by atoms with Crippen LogP contribution in [0.3, 0.4) is 0 Å². The van der Waals surface area contributed by atoms with E-state index in [1.807, 2.05) is 11.8 Å². The molecule has 0 heterocycles. The first-order chi connectivity index (χ1) is 15.7. The number of phenolic OH excluding ortho intramolecular Hbond substituents is 1. The van der Waals surface area contributed by atoms with Crippen molar-refractivity contribution in [3.05, 3.63) is 28.8 Å². The van der Waals surface area contributed by atoms with Crippen LogP contribution in [-0.2, 0) is 11.5 Å². The maximum absolute atomic E-state index is 10.5. The number of phenols is 1. The summed E-state index contributed by atoms with van der Waals surface area (Å²) in [5.41, 5.74) is 3.56. The summed E-state index contributed by atoms with van der Waals surface area (Å²) >= 11 is 4.04. The fourth-order valence-electron chi connectivity index (χ4n) is 4.18. The predicted octanol–water partition coefficient (Wildman–Crippen LogP) is 10.4. The maximum Gasteiger partial charge on any atom is 0.122 e. The lowest BCUT2D eigenvalue weighted by Crippen LogP contribution is -1.92. The molecular weight excluding hydrogens is 428 g/mol. The highest BCUT2D eigenvalue weighted by Crippen LogP contribution is 2.29. The molecule has 0 saturated carbocycles. The van der Waals surface area contributed by atoms with Crippen LogP contribution in [-0.4, -0.2) is 16.6 Å². The first kappa shape index (κ1) is 29.8. The van der Waals surface area contributed by atoms with Gasteiger partial charge in [-0.3, -0.25) is 0 Å². The van der Waals surface area contributed by atoms with Crippen molar-refractivity contribution < 1.29 is 5.11 Å². The zero-order valence-electron chi connectivity index (χ0n) is 21.6. The van der Waals surface area contributed by atoms with Gasteiger partial charge in [0.25, 0.3) is 0 Å². The minimum absolute atomic E-state index is 0.519. The standard InChI is InChI=1S/C29H52OS2/c1-4-6-8-10-12-14-16-18-20-31-24-27-22-26(3)29(30)28(23-27)25-32-21-19-17-15-13-11-9-7-5-2/h22-23,30H,4-21,24-25H2,1-3H3. The van der Waals surface area contributed by atoms with Crippen molar-refractivity contribution in [1.29, 1.82) is 0 Å². The highest BCUT2D eigenvalue weighted by atomic mass is 32.2. The van der Waals surface area contributed by atoms with Crippen LogP contribution in [0.2, 0.25) is 0 Å². The summed E-state index contributed by atoms with van der Waals surface area (Å²) in [6, 6.07) is 4.44. The Hall–Kier alpha value is -0.280. The van der Waals surface area contributed by atoms with Gasteiger partial charge in [-0.25, -0.2) is 0 Å². The summed E-state index contributed by atoms with van der Waals surface area (Å²) in [4.78, 5) is 0. The Bertz CT molecular complexity index is 558. The number of rotatable bonds is 22. The third-order valence-electron chi connectivity index (χ3n) is 6.25. The van der Waals surface area contributed by atoms with Crippen molar-refractivity contribution >= 4 is 23.5 Å². The van der Waals surface area contributed by atoms with Crippen LogP contribution in [0.5, 0.6) is 5.75 Å². The zero-order valence-corrected chi connectivity index (χ0v) is 23.2. The van der Waals surface area contributed by atoms with Crippen molar-refractivity contribution in [1.82, 2.24) is 0 Å². The fourth-order valence-corrected chi connectivity index (χ4v) is 6.12. The molecule has 1 rings (SSSR count). The minimum Gasteiger partial charge on any atom is -0.507 e. The second-order valence-corrected chi connectivity index (χ2v) is 11.7. The van der Waals surface area contributed by atoms with Gasteiger partial charge in [-0.1, -0.05) is 116 Å². The normalized spacial score (nSPS) is 11.3. The van der Waals surface area contributed by atoms with Gasteiger partial charge in [-0.05, 0) is 42.4 Å². The van der Waals surface area contributed by atoms with E-state index in [-0.39, 0.29) is 0 Å². The number of benzene rings is 1. The largest absolute Gasteiger partial charge is 0.507 e. The summed E-state index contributed by atoms with van der Waals surface area (Å²) in [5.74, 6) is 5.01. The summed E-state index contributed by atoms with van der Waals surface area (Å²) < 4.78 is 0. The van der Waals surface area contributed by atoms with Crippen LogP contribution < -0.4 is 0 Å². The van der Waals surface area contributed by atoms with Crippen molar-refractivity contribution in [2.45, 2.75) is 135 Å². The molecule has 1 aromatic carbocycles. The van der Waals surface area contributed by atoms with Crippen LogP contribution in [0.25, 0.3) is 0 Å². The monoisotopic (exact) mass is 480 g/mol. The van der Waals surface area contributed by atoms with Gasteiger partial charge in [-0.2, -0.15) is 23.5 Å². The molecule has 1 nitrogen and oxygen atoms in total.